The topological polar surface area (TPSA) is 108 Å². The van der Waals surface area contributed by atoms with Gasteiger partial charge in [0, 0.05) is 55.3 Å². The number of amides is 2. The Balaban J connectivity index is 1.25. The normalized spacial score (nSPS) is 17.1. The van der Waals surface area contributed by atoms with Gasteiger partial charge in [-0.3, -0.25) is 9.59 Å². The highest BCUT2D eigenvalue weighted by molar-refractivity contribution is 6.08. The van der Waals surface area contributed by atoms with Crippen LogP contribution in [-0.2, 0) is 16.8 Å². The number of anilines is 3. The Labute approximate surface area is 235 Å². The second kappa shape index (κ2) is 11.6. The van der Waals surface area contributed by atoms with Crippen molar-refractivity contribution >= 4 is 29.0 Å². The molecule has 5 rings (SSSR count). The Morgan fingerprint density at radius 1 is 1.12 bits per heavy atom. The average molecular weight is 543 g/mol. The first kappa shape index (κ1) is 27.6. The fourth-order valence-electron chi connectivity index (χ4n) is 5.59. The maximum absolute atomic E-state index is 13.3. The summed E-state index contributed by atoms with van der Waals surface area (Å²) < 4.78 is 6.17. The molecule has 3 aromatic rings. The van der Waals surface area contributed by atoms with Crippen LogP contribution in [0, 0.1) is 5.92 Å². The summed E-state index contributed by atoms with van der Waals surface area (Å²) in [5.74, 6) is 1.30. The van der Waals surface area contributed by atoms with Gasteiger partial charge in [0.2, 0.25) is 11.8 Å². The molecule has 1 unspecified atom stereocenters. The van der Waals surface area contributed by atoms with Crippen LogP contribution in [0.15, 0.2) is 54.9 Å². The Morgan fingerprint density at radius 2 is 1.93 bits per heavy atom. The summed E-state index contributed by atoms with van der Waals surface area (Å²) in [7, 11) is 0. The maximum Gasteiger partial charge on any atom is 0.259 e. The van der Waals surface area contributed by atoms with Crippen LogP contribution in [-0.4, -0.2) is 47.5 Å². The van der Waals surface area contributed by atoms with E-state index in [1.807, 2.05) is 30.3 Å². The third-order valence-electron chi connectivity index (χ3n) is 7.87. The molecule has 0 bridgehead atoms. The summed E-state index contributed by atoms with van der Waals surface area (Å²) in [6.45, 7) is 11.0. The lowest BCUT2D eigenvalue weighted by molar-refractivity contribution is -0.116. The van der Waals surface area contributed by atoms with Crippen molar-refractivity contribution in [3.63, 3.8) is 0 Å². The highest BCUT2D eigenvalue weighted by Gasteiger charge is 2.37. The van der Waals surface area contributed by atoms with Gasteiger partial charge in [0.25, 0.3) is 5.91 Å². The van der Waals surface area contributed by atoms with E-state index in [1.54, 1.807) is 36.4 Å². The van der Waals surface area contributed by atoms with E-state index in [0.29, 0.717) is 42.0 Å². The predicted molar refractivity (Wildman–Crippen MR) is 157 cm³/mol. The molecule has 2 aliphatic heterocycles. The van der Waals surface area contributed by atoms with Crippen LogP contribution in [0.25, 0.3) is 0 Å². The van der Waals surface area contributed by atoms with E-state index in [9.17, 15) is 9.59 Å². The van der Waals surface area contributed by atoms with E-state index in [1.165, 1.54) is 0 Å². The molecule has 0 spiro atoms. The number of carbonyl (C=O) groups is 2. The third-order valence-corrected chi connectivity index (χ3v) is 7.87. The molecule has 1 saturated heterocycles. The minimum Gasteiger partial charge on any atom is -0.474 e. The number of fused-ring (bicyclic) bond motifs is 1. The van der Waals surface area contributed by atoms with E-state index in [0.717, 1.165) is 42.7 Å². The fourth-order valence-corrected chi connectivity index (χ4v) is 5.59. The van der Waals surface area contributed by atoms with Crippen molar-refractivity contribution in [1.29, 1.82) is 0 Å². The van der Waals surface area contributed by atoms with Gasteiger partial charge in [-0.2, -0.15) is 0 Å². The Kier molecular flexibility index (Phi) is 8.02. The van der Waals surface area contributed by atoms with Crippen molar-refractivity contribution < 1.29 is 14.3 Å². The maximum atomic E-state index is 13.3. The smallest absolute Gasteiger partial charge is 0.259 e. The van der Waals surface area contributed by atoms with Crippen LogP contribution in [0.2, 0.25) is 0 Å². The molecule has 40 heavy (non-hydrogen) atoms. The van der Waals surface area contributed by atoms with Gasteiger partial charge < -0.3 is 25.6 Å². The van der Waals surface area contributed by atoms with Crippen molar-refractivity contribution in [2.24, 2.45) is 5.92 Å². The van der Waals surface area contributed by atoms with Crippen LogP contribution in [0.5, 0.6) is 5.88 Å². The summed E-state index contributed by atoms with van der Waals surface area (Å²) in [5, 5.41) is 9.67. The zero-order chi connectivity index (χ0) is 28.3. The number of nitrogens with one attached hydrogen (secondary N) is 3. The first-order valence-electron chi connectivity index (χ1n) is 14.0. The SMILES string of the molecule is CC(=O)N1CC(C)(C)c2ccc(NC(=O)c3cccnc3NCc3ccnc(OC(C)C4CCNCC4)c3)cc21. The number of hydrogen-bond acceptors (Lipinski definition) is 7. The molecule has 210 valence electrons. The molecule has 9 heteroatoms. The van der Waals surface area contributed by atoms with Crippen molar-refractivity contribution in [3.05, 3.63) is 71.5 Å². The number of ether oxygens (including phenoxy) is 1. The van der Waals surface area contributed by atoms with Crippen LogP contribution >= 0.6 is 0 Å². The summed E-state index contributed by atoms with van der Waals surface area (Å²) >= 11 is 0. The Hall–Kier alpha value is -3.98. The van der Waals surface area contributed by atoms with Crippen molar-refractivity contribution in [2.45, 2.75) is 58.6 Å². The molecule has 0 radical (unpaired) electrons. The summed E-state index contributed by atoms with van der Waals surface area (Å²) in [5.41, 5.74) is 3.82. The molecule has 0 saturated carbocycles. The molecule has 1 aromatic carbocycles. The molecule has 2 aromatic heterocycles. The molecule has 3 N–H and O–H groups in total. The zero-order valence-corrected chi connectivity index (χ0v) is 23.7. The molecule has 2 aliphatic rings. The second-order valence-corrected chi connectivity index (χ2v) is 11.3. The largest absolute Gasteiger partial charge is 0.474 e. The lowest BCUT2D eigenvalue weighted by atomic mass is 9.87. The third kappa shape index (κ3) is 6.09. The zero-order valence-electron chi connectivity index (χ0n) is 23.7. The molecule has 1 atom stereocenters. The number of rotatable bonds is 8. The first-order chi connectivity index (χ1) is 19.2. The van der Waals surface area contributed by atoms with Gasteiger partial charge in [-0.25, -0.2) is 9.97 Å². The molecule has 9 nitrogen and oxygen atoms in total. The number of benzene rings is 1. The van der Waals surface area contributed by atoms with E-state index < -0.39 is 0 Å². The van der Waals surface area contributed by atoms with Gasteiger partial charge in [-0.1, -0.05) is 19.9 Å². The van der Waals surface area contributed by atoms with Gasteiger partial charge in [-0.05, 0) is 80.2 Å². The minimum atomic E-state index is -0.281. The summed E-state index contributed by atoms with van der Waals surface area (Å²) in [4.78, 5) is 36.1. The van der Waals surface area contributed by atoms with Gasteiger partial charge >= 0.3 is 0 Å². The monoisotopic (exact) mass is 542 g/mol. The highest BCUT2D eigenvalue weighted by Crippen LogP contribution is 2.42. The standard InChI is InChI=1S/C31H38N6O3/c1-20(23-10-13-32-14-11-23)40-28-16-22(9-15-33-28)18-35-29-25(6-5-12-34-29)30(39)36-24-7-8-26-27(17-24)37(21(2)38)19-31(26,3)4/h5-9,12,15-17,20,23,32H,10-11,13-14,18-19H2,1-4H3,(H,34,35)(H,36,39). The summed E-state index contributed by atoms with van der Waals surface area (Å²) in [6.07, 6.45) is 5.70. The first-order valence-corrected chi connectivity index (χ1v) is 14.0. The molecular formula is C31H38N6O3. The number of aromatic nitrogens is 2. The van der Waals surface area contributed by atoms with Gasteiger partial charge in [0.05, 0.1) is 5.56 Å². The number of carbonyl (C=O) groups excluding carboxylic acids is 2. The van der Waals surface area contributed by atoms with E-state index in [-0.39, 0.29) is 23.3 Å². The quantitative estimate of drug-likeness (QED) is 0.377. The van der Waals surface area contributed by atoms with Gasteiger partial charge in [0.1, 0.15) is 11.9 Å². The number of pyridine rings is 2. The Bertz CT molecular complexity index is 1380. The lowest BCUT2D eigenvalue weighted by Crippen LogP contribution is -2.35. The molecule has 1 fully saturated rings. The van der Waals surface area contributed by atoms with Crippen LogP contribution < -0.4 is 25.6 Å². The van der Waals surface area contributed by atoms with E-state index in [2.05, 4.69) is 46.7 Å². The minimum absolute atomic E-state index is 0.0144. The van der Waals surface area contributed by atoms with Crippen LogP contribution in [0.1, 0.15) is 62.0 Å². The van der Waals surface area contributed by atoms with Crippen molar-refractivity contribution in [1.82, 2.24) is 15.3 Å². The van der Waals surface area contributed by atoms with Crippen LogP contribution in [0.3, 0.4) is 0 Å². The number of hydrogen-bond donors (Lipinski definition) is 3. The fraction of sp³-hybridized carbons (Fsp3) is 0.419. The van der Waals surface area contributed by atoms with Gasteiger partial charge in [-0.15, -0.1) is 0 Å². The van der Waals surface area contributed by atoms with E-state index >= 15 is 0 Å². The van der Waals surface area contributed by atoms with Crippen LogP contribution in [0.4, 0.5) is 17.2 Å². The van der Waals surface area contributed by atoms with Crippen molar-refractivity contribution in [3.8, 4) is 5.88 Å². The molecule has 2 amide bonds. The number of nitrogens with zero attached hydrogens (tertiary/aromatic N) is 3. The Morgan fingerprint density at radius 3 is 2.70 bits per heavy atom. The summed E-state index contributed by atoms with van der Waals surface area (Å²) in [6, 6.07) is 13.1. The molecular weight excluding hydrogens is 504 g/mol. The molecule has 4 heterocycles. The second-order valence-electron chi connectivity index (χ2n) is 11.3. The predicted octanol–water partition coefficient (Wildman–Crippen LogP) is 4.75. The molecule has 0 aliphatic carbocycles. The average Bonchev–Trinajstić information content (AvgIpc) is 3.23. The van der Waals surface area contributed by atoms with E-state index in [4.69, 9.17) is 4.74 Å². The van der Waals surface area contributed by atoms with Crippen molar-refractivity contribution in [2.75, 3.05) is 35.2 Å². The lowest BCUT2D eigenvalue weighted by Gasteiger charge is -2.28. The van der Waals surface area contributed by atoms with Gasteiger partial charge in [0.15, 0.2) is 0 Å². The number of piperidine rings is 1. The highest BCUT2D eigenvalue weighted by atomic mass is 16.5.